The van der Waals surface area contributed by atoms with Gasteiger partial charge in [-0.3, -0.25) is 10.1 Å². The predicted octanol–water partition coefficient (Wildman–Crippen LogP) is 1.84. The first-order valence-corrected chi connectivity index (χ1v) is 5.98. The highest BCUT2D eigenvalue weighted by Crippen LogP contribution is 2.23. The van der Waals surface area contributed by atoms with E-state index in [4.69, 9.17) is 5.11 Å². The van der Waals surface area contributed by atoms with Crippen LogP contribution in [0.15, 0.2) is 18.2 Å². The third-order valence-electron chi connectivity index (χ3n) is 2.93. The van der Waals surface area contributed by atoms with E-state index < -0.39 is 35.8 Å². The Kier molecular flexibility index (Phi) is 5.38. The zero-order valence-corrected chi connectivity index (χ0v) is 10.7. The van der Waals surface area contributed by atoms with Gasteiger partial charge in [0.05, 0.1) is 6.10 Å². The highest BCUT2D eigenvalue weighted by atomic mass is 19.1. The van der Waals surface area contributed by atoms with Crippen LogP contribution in [0, 0.1) is 11.6 Å². The van der Waals surface area contributed by atoms with Gasteiger partial charge < -0.3 is 10.2 Å². The van der Waals surface area contributed by atoms with E-state index in [0.717, 1.165) is 18.2 Å². The number of aliphatic hydroxyl groups excluding tert-OH is 1. The summed E-state index contributed by atoms with van der Waals surface area (Å²) in [5, 5.41) is 21.5. The molecule has 0 aliphatic rings. The summed E-state index contributed by atoms with van der Waals surface area (Å²) in [6.07, 6.45) is -0.947. The summed E-state index contributed by atoms with van der Waals surface area (Å²) in [4.78, 5) is 10.8. The fourth-order valence-electron chi connectivity index (χ4n) is 1.78. The van der Waals surface area contributed by atoms with Gasteiger partial charge in [0.1, 0.15) is 17.7 Å². The van der Waals surface area contributed by atoms with Gasteiger partial charge in [0, 0.05) is 11.6 Å². The van der Waals surface area contributed by atoms with Crippen LogP contribution in [0.25, 0.3) is 0 Å². The Labute approximate surface area is 110 Å². The monoisotopic (exact) mass is 273 g/mol. The average molecular weight is 273 g/mol. The minimum absolute atomic E-state index is 0.183. The number of aliphatic hydroxyl groups is 1. The van der Waals surface area contributed by atoms with Crippen LogP contribution in [-0.2, 0) is 4.79 Å². The molecule has 0 saturated carbocycles. The molecule has 1 rings (SSSR count). The molecule has 19 heavy (non-hydrogen) atoms. The fourth-order valence-corrected chi connectivity index (χ4v) is 1.78. The lowest BCUT2D eigenvalue weighted by atomic mass is 9.99. The summed E-state index contributed by atoms with van der Waals surface area (Å²) >= 11 is 0. The Morgan fingerprint density at radius 2 is 2.05 bits per heavy atom. The lowest BCUT2D eigenvalue weighted by Gasteiger charge is -2.25. The number of halogens is 2. The van der Waals surface area contributed by atoms with Gasteiger partial charge in [-0.2, -0.15) is 0 Å². The molecule has 3 N–H and O–H groups in total. The zero-order chi connectivity index (χ0) is 14.6. The Morgan fingerprint density at radius 1 is 1.42 bits per heavy atom. The molecule has 0 aromatic heterocycles. The van der Waals surface area contributed by atoms with E-state index in [-0.39, 0.29) is 5.56 Å². The van der Waals surface area contributed by atoms with E-state index in [2.05, 4.69) is 5.32 Å². The number of carboxylic acid groups (broad SMARTS) is 1. The molecule has 0 aliphatic heterocycles. The van der Waals surface area contributed by atoms with Crippen molar-refractivity contribution < 1.29 is 23.8 Å². The summed E-state index contributed by atoms with van der Waals surface area (Å²) in [5.41, 5.74) is -0.183. The second-order valence-corrected chi connectivity index (χ2v) is 4.35. The number of carboxylic acids is 1. The maximum Gasteiger partial charge on any atom is 0.320 e. The van der Waals surface area contributed by atoms with Crippen molar-refractivity contribution in [3.8, 4) is 0 Å². The van der Waals surface area contributed by atoms with Crippen molar-refractivity contribution in [1.29, 1.82) is 0 Å². The van der Waals surface area contributed by atoms with Crippen LogP contribution in [-0.4, -0.2) is 28.3 Å². The second-order valence-electron chi connectivity index (χ2n) is 4.35. The summed E-state index contributed by atoms with van der Waals surface area (Å²) in [5.74, 6) is -2.46. The molecular formula is C13H17F2NO3. The van der Waals surface area contributed by atoms with Crippen LogP contribution >= 0.6 is 0 Å². The zero-order valence-electron chi connectivity index (χ0n) is 10.7. The second kappa shape index (κ2) is 6.58. The molecule has 0 aliphatic carbocycles. The molecule has 3 unspecified atom stereocenters. The first kappa shape index (κ1) is 15.5. The molecule has 3 atom stereocenters. The molecule has 106 valence electrons. The van der Waals surface area contributed by atoms with Crippen LogP contribution in [0.2, 0.25) is 0 Å². The molecule has 0 radical (unpaired) electrons. The van der Waals surface area contributed by atoms with Gasteiger partial charge in [-0.05, 0) is 31.5 Å². The molecule has 0 fully saturated rings. The van der Waals surface area contributed by atoms with Crippen molar-refractivity contribution in [2.75, 3.05) is 0 Å². The number of nitrogens with one attached hydrogen (secondary N) is 1. The molecule has 0 amide bonds. The van der Waals surface area contributed by atoms with Gasteiger partial charge >= 0.3 is 5.97 Å². The van der Waals surface area contributed by atoms with Crippen LogP contribution in [0.4, 0.5) is 8.78 Å². The number of carbonyl (C=O) groups is 1. The van der Waals surface area contributed by atoms with Gasteiger partial charge in [-0.1, -0.05) is 6.92 Å². The van der Waals surface area contributed by atoms with Crippen LogP contribution in [0.1, 0.15) is 31.9 Å². The molecule has 1 aromatic carbocycles. The standard InChI is InChI=1S/C13H17F2NO3/c1-3-11(16-7(2)13(18)19)12(17)9-6-8(14)4-5-10(9)15/h4-7,11-12,16-17H,3H2,1-2H3,(H,18,19). The van der Waals surface area contributed by atoms with Crippen molar-refractivity contribution in [1.82, 2.24) is 5.32 Å². The summed E-state index contributed by atoms with van der Waals surface area (Å²) in [7, 11) is 0. The van der Waals surface area contributed by atoms with E-state index >= 15 is 0 Å². The van der Waals surface area contributed by atoms with E-state index in [1.54, 1.807) is 6.92 Å². The Hall–Kier alpha value is -1.53. The molecular weight excluding hydrogens is 256 g/mol. The fraction of sp³-hybridized carbons (Fsp3) is 0.462. The van der Waals surface area contributed by atoms with Gasteiger partial charge in [0.2, 0.25) is 0 Å². The molecule has 6 heteroatoms. The maximum absolute atomic E-state index is 13.5. The highest BCUT2D eigenvalue weighted by molar-refractivity contribution is 5.72. The lowest BCUT2D eigenvalue weighted by Crippen LogP contribution is -2.44. The van der Waals surface area contributed by atoms with Gasteiger partial charge in [0.15, 0.2) is 0 Å². The van der Waals surface area contributed by atoms with E-state index in [0.29, 0.717) is 6.42 Å². The summed E-state index contributed by atoms with van der Waals surface area (Å²) in [6, 6.07) is 1.23. The van der Waals surface area contributed by atoms with Crippen molar-refractivity contribution in [3.05, 3.63) is 35.4 Å². The normalized spacial score (nSPS) is 15.8. The van der Waals surface area contributed by atoms with Crippen molar-refractivity contribution >= 4 is 5.97 Å². The van der Waals surface area contributed by atoms with Crippen LogP contribution in [0.3, 0.4) is 0 Å². The number of hydrogen-bond donors (Lipinski definition) is 3. The molecule has 1 aromatic rings. The van der Waals surface area contributed by atoms with Gasteiger partial charge in [-0.25, -0.2) is 8.78 Å². The number of hydrogen-bond acceptors (Lipinski definition) is 3. The number of rotatable bonds is 6. The van der Waals surface area contributed by atoms with Crippen LogP contribution in [0.5, 0.6) is 0 Å². The van der Waals surface area contributed by atoms with Gasteiger partial charge in [-0.15, -0.1) is 0 Å². The summed E-state index contributed by atoms with van der Waals surface area (Å²) < 4.78 is 26.6. The molecule has 0 heterocycles. The molecule has 4 nitrogen and oxygen atoms in total. The van der Waals surface area contributed by atoms with Crippen molar-refractivity contribution in [3.63, 3.8) is 0 Å². The van der Waals surface area contributed by atoms with Gasteiger partial charge in [0.25, 0.3) is 0 Å². The number of benzene rings is 1. The highest BCUT2D eigenvalue weighted by Gasteiger charge is 2.25. The van der Waals surface area contributed by atoms with Crippen molar-refractivity contribution in [2.45, 2.75) is 38.5 Å². The first-order valence-electron chi connectivity index (χ1n) is 5.98. The molecule has 0 spiro atoms. The van der Waals surface area contributed by atoms with E-state index in [9.17, 15) is 18.7 Å². The van der Waals surface area contributed by atoms with Crippen LogP contribution < -0.4 is 5.32 Å². The smallest absolute Gasteiger partial charge is 0.320 e. The predicted molar refractivity (Wildman–Crippen MR) is 65.6 cm³/mol. The minimum atomic E-state index is -1.32. The summed E-state index contributed by atoms with van der Waals surface area (Å²) in [6.45, 7) is 3.13. The largest absolute Gasteiger partial charge is 0.480 e. The lowest BCUT2D eigenvalue weighted by molar-refractivity contribution is -0.139. The van der Waals surface area contributed by atoms with E-state index in [1.165, 1.54) is 6.92 Å². The molecule has 0 bridgehead atoms. The third-order valence-corrected chi connectivity index (χ3v) is 2.93. The topological polar surface area (TPSA) is 69.6 Å². The first-order chi connectivity index (χ1) is 8.86. The SMILES string of the molecule is CCC(NC(C)C(=O)O)C(O)c1cc(F)ccc1F. The van der Waals surface area contributed by atoms with E-state index in [1.807, 2.05) is 0 Å². The Morgan fingerprint density at radius 3 is 2.58 bits per heavy atom. The minimum Gasteiger partial charge on any atom is -0.480 e. The number of aliphatic carboxylic acids is 1. The molecule has 0 saturated heterocycles. The quantitative estimate of drug-likeness (QED) is 0.739. The Balaban J connectivity index is 2.91. The van der Waals surface area contributed by atoms with Crippen molar-refractivity contribution in [2.24, 2.45) is 0 Å². The Bertz CT molecular complexity index is 454. The maximum atomic E-state index is 13.5. The third kappa shape index (κ3) is 3.97. The average Bonchev–Trinajstić information content (AvgIpc) is 2.37.